The van der Waals surface area contributed by atoms with Crippen molar-refractivity contribution in [2.24, 2.45) is 7.05 Å². The van der Waals surface area contributed by atoms with Crippen LogP contribution in [0, 0.1) is 24.1 Å². The first-order chi connectivity index (χ1) is 16.4. The third-order valence-electron chi connectivity index (χ3n) is 5.90. The van der Waals surface area contributed by atoms with Gasteiger partial charge in [0.25, 0.3) is 5.91 Å². The van der Waals surface area contributed by atoms with E-state index in [1.165, 1.54) is 18.2 Å². The van der Waals surface area contributed by atoms with E-state index in [-0.39, 0.29) is 23.0 Å². The largest absolute Gasteiger partial charge is 0.452 e. The van der Waals surface area contributed by atoms with Gasteiger partial charge in [0.1, 0.15) is 11.8 Å². The van der Waals surface area contributed by atoms with Crippen LogP contribution in [0.2, 0.25) is 0 Å². The van der Waals surface area contributed by atoms with Gasteiger partial charge in [-0.25, -0.2) is 4.39 Å². The first-order valence-corrected chi connectivity index (χ1v) is 10.8. The van der Waals surface area contributed by atoms with Crippen LogP contribution in [-0.4, -0.2) is 20.6 Å². The molecular weight excluding hydrogens is 431 g/mol. The number of fused-ring (bicyclic) bond motifs is 1. The molecule has 0 unspecified atom stereocenters. The molecule has 5 rings (SSSR count). The lowest BCUT2D eigenvalue weighted by molar-refractivity contribution is 0.0764. The number of rotatable bonds is 5. The van der Waals surface area contributed by atoms with Gasteiger partial charge in [-0.1, -0.05) is 42.5 Å². The third kappa shape index (κ3) is 3.80. The molecule has 1 aliphatic rings. The van der Waals surface area contributed by atoms with Crippen LogP contribution >= 0.6 is 0 Å². The molecule has 0 aliphatic carbocycles. The Hall–Kier alpha value is -4.44. The standard InChI is InChI=1S/C27H21FN4O2/c1-17-13-23(31(2)30-17)19-11-9-18(10-12-19)15-32-16-21-6-4-8-24(25(21)27(32)33)34-26-20(14-29)5-3-7-22(26)28/h3-13H,15-16H2,1-2H3. The van der Waals surface area contributed by atoms with Crippen LogP contribution in [0.15, 0.2) is 66.7 Å². The lowest BCUT2D eigenvalue weighted by Gasteiger charge is -2.16. The van der Waals surface area contributed by atoms with Crippen LogP contribution in [0.1, 0.15) is 32.7 Å². The van der Waals surface area contributed by atoms with Crippen molar-refractivity contribution in [2.45, 2.75) is 20.0 Å². The number of aryl methyl sites for hydroxylation is 2. The van der Waals surface area contributed by atoms with Crippen molar-refractivity contribution in [3.05, 3.63) is 100 Å². The highest BCUT2D eigenvalue weighted by Crippen LogP contribution is 2.36. The maximum atomic E-state index is 14.3. The quantitative estimate of drug-likeness (QED) is 0.409. The van der Waals surface area contributed by atoms with Crippen molar-refractivity contribution < 1.29 is 13.9 Å². The number of carbonyl (C=O) groups is 1. The number of halogens is 1. The number of nitrogens with zero attached hydrogens (tertiary/aromatic N) is 4. The molecule has 34 heavy (non-hydrogen) atoms. The molecule has 0 bridgehead atoms. The van der Waals surface area contributed by atoms with Gasteiger partial charge < -0.3 is 9.64 Å². The molecule has 2 heterocycles. The minimum atomic E-state index is -0.650. The third-order valence-corrected chi connectivity index (χ3v) is 5.90. The predicted octanol–water partition coefficient (Wildman–Crippen LogP) is 5.35. The van der Waals surface area contributed by atoms with Gasteiger partial charge in [0.05, 0.1) is 22.5 Å². The van der Waals surface area contributed by atoms with Gasteiger partial charge in [-0.3, -0.25) is 9.48 Å². The van der Waals surface area contributed by atoms with Crippen molar-refractivity contribution in [3.63, 3.8) is 0 Å². The van der Waals surface area contributed by atoms with E-state index in [0.717, 1.165) is 28.1 Å². The summed E-state index contributed by atoms with van der Waals surface area (Å²) >= 11 is 0. The Morgan fingerprint density at radius 1 is 1.12 bits per heavy atom. The second-order valence-corrected chi connectivity index (χ2v) is 8.27. The highest BCUT2D eigenvalue weighted by Gasteiger charge is 2.31. The molecule has 6 nitrogen and oxygen atoms in total. The van der Waals surface area contributed by atoms with E-state index in [1.54, 1.807) is 17.0 Å². The molecule has 0 saturated heterocycles. The molecule has 0 atom stereocenters. The summed E-state index contributed by atoms with van der Waals surface area (Å²) in [6, 6.07) is 21.4. The second-order valence-electron chi connectivity index (χ2n) is 8.27. The Morgan fingerprint density at radius 3 is 2.59 bits per heavy atom. The zero-order valence-corrected chi connectivity index (χ0v) is 18.7. The zero-order valence-electron chi connectivity index (χ0n) is 18.7. The van der Waals surface area contributed by atoms with Gasteiger partial charge >= 0.3 is 0 Å². The first-order valence-electron chi connectivity index (χ1n) is 10.8. The van der Waals surface area contributed by atoms with Gasteiger partial charge in [-0.05, 0) is 47.9 Å². The number of amides is 1. The Labute approximate surface area is 196 Å². The molecule has 0 saturated carbocycles. The Balaban J connectivity index is 1.37. The summed E-state index contributed by atoms with van der Waals surface area (Å²) in [7, 11) is 1.91. The van der Waals surface area contributed by atoms with E-state index in [4.69, 9.17) is 4.74 Å². The molecule has 3 aromatic carbocycles. The molecule has 0 N–H and O–H groups in total. The summed E-state index contributed by atoms with van der Waals surface area (Å²) in [5, 5.41) is 13.7. The average molecular weight is 452 g/mol. The number of hydrogen-bond acceptors (Lipinski definition) is 4. The number of benzene rings is 3. The summed E-state index contributed by atoms with van der Waals surface area (Å²) in [6.45, 7) is 2.82. The predicted molar refractivity (Wildman–Crippen MR) is 125 cm³/mol. The summed E-state index contributed by atoms with van der Waals surface area (Å²) in [6.07, 6.45) is 0. The summed E-state index contributed by atoms with van der Waals surface area (Å²) in [4.78, 5) is 15.0. The van der Waals surface area contributed by atoms with Crippen LogP contribution in [0.25, 0.3) is 11.3 Å². The SMILES string of the molecule is Cc1cc(-c2ccc(CN3Cc4cccc(Oc5c(F)cccc5C#N)c4C3=O)cc2)n(C)n1. The van der Waals surface area contributed by atoms with Gasteiger partial charge in [-0.15, -0.1) is 0 Å². The number of ether oxygens (including phenoxy) is 1. The Bertz CT molecular complexity index is 1450. The normalized spacial score (nSPS) is 12.5. The van der Waals surface area contributed by atoms with Crippen LogP contribution < -0.4 is 4.74 Å². The van der Waals surface area contributed by atoms with E-state index in [2.05, 4.69) is 5.10 Å². The maximum Gasteiger partial charge on any atom is 0.258 e. The minimum Gasteiger partial charge on any atom is -0.452 e. The van der Waals surface area contributed by atoms with E-state index >= 15 is 0 Å². The molecule has 1 amide bonds. The fourth-order valence-corrected chi connectivity index (χ4v) is 4.29. The number of para-hydroxylation sites is 1. The van der Waals surface area contributed by atoms with E-state index in [9.17, 15) is 14.4 Å². The number of carbonyl (C=O) groups excluding carboxylic acids is 1. The van der Waals surface area contributed by atoms with Gasteiger partial charge in [-0.2, -0.15) is 10.4 Å². The summed E-state index contributed by atoms with van der Waals surface area (Å²) < 4.78 is 22.0. The van der Waals surface area contributed by atoms with Crippen molar-refractivity contribution in [1.82, 2.24) is 14.7 Å². The topological polar surface area (TPSA) is 71.2 Å². The van der Waals surface area contributed by atoms with Crippen molar-refractivity contribution in [2.75, 3.05) is 0 Å². The fraction of sp³-hybridized carbons (Fsp3) is 0.148. The minimum absolute atomic E-state index is 0.0728. The van der Waals surface area contributed by atoms with Crippen molar-refractivity contribution in [3.8, 4) is 28.8 Å². The molecule has 1 aromatic heterocycles. The van der Waals surface area contributed by atoms with Gasteiger partial charge in [0.2, 0.25) is 0 Å². The fourth-order valence-electron chi connectivity index (χ4n) is 4.29. The zero-order chi connectivity index (χ0) is 23.8. The van der Waals surface area contributed by atoms with Gasteiger partial charge in [0, 0.05) is 20.1 Å². The van der Waals surface area contributed by atoms with E-state index in [1.807, 2.05) is 61.1 Å². The number of hydrogen-bond donors (Lipinski definition) is 0. The smallest absolute Gasteiger partial charge is 0.258 e. The van der Waals surface area contributed by atoms with Crippen molar-refractivity contribution in [1.29, 1.82) is 5.26 Å². The van der Waals surface area contributed by atoms with Gasteiger partial charge in [0.15, 0.2) is 11.6 Å². The molecular formula is C27H21FN4O2. The van der Waals surface area contributed by atoms with Crippen LogP contribution in [-0.2, 0) is 20.1 Å². The highest BCUT2D eigenvalue weighted by atomic mass is 19.1. The number of nitriles is 1. The van der Waals surface area contributed by atoms with Crippen molar-refractivity contribution >= 4 is 5.91 Å². The van der Waals surface area contributed by atoms with E-state index in [0.29, 0.717) is 18.7 Å². The van der Waals surface area contributed by atoms with E-state index < -0.39 is 5.82 Å². The van der Waals surface area contributed by atoms with Crippen LogP contribution in [0.5, 0.6) is 11.5 Å². The molecule has 0 radical (unpaired) electrons. The Morgan fingerprint density at radius 2 is 1.88 bits per heavy atom. The first kappa shape index (κ1) is 21.4. The molecule has 4 aromatic rings. The van der Waals surface area contributed by atoms with Crippen LogP contribution in [0.4, 0.5) is 4.39 Å². The molecule has 168 valence electrons. The summed E-state index contributed by atoms with van der Waals surface area (Å²) in [5.41, 5.74) is 5.31. The Kier molecular flexibility index (Phi) is 5.34. The molecule has 1 aliphatic heterocycles. The lowest BCUT2D eigenvalue weighted by Crippen LogP contribution is -2.23. The molecule has 0 fully saturated rings. The van der Waals surface area contributed by atoms with Crippen LogP contribution in [0.3, 0.4) is 0 Å². The summed E-state index contributed by atoms with van der Waals surface area (Å²) in [5.74, 6) is -0.770. The molecule has 7 heteroatoms. The maximum absolute atomic E-state index is 14.3. The number of aromatic nitrogens is 2. The average Bonchev–Trinajstić information content (AvgIpc) is 3.34. The molecule has 0 spiro atoms. The monoisotopic (exact) mass is 452 g/mol. The second kappa shape index (κ2) is 8.49. The highest BCUT2D eigenvalue weighted by molar-refractivity contribution is 6.01. The lowest BCUT2D eigenvalue weighted by atomic mass is 10.1.